The maximum Gasteiger partial charge on any atom is 0.267 e. The molecule has 0 radical (unpaired) electrons. The molecule has 4 rings (SSSR count). The van der Waals surface area contributed by atoms with Crippen molar-refractivity contribution in [1.29, 1.82) is 0 Å². The van der Waals surface area contributed by atoms with Gasteiger partial charge in [-0.15, -0.1) is 0 Å². The summed E-state index contributed by atoms with van der Waals surface area (Å²) in [5, 5.41) is 6.92. The van der Waals surface area contributed by atoms with Crippen molar-refractivity contribution in [2.75, 3.05) is 31.6 Å². The molecule has 31 heavy (non-hydrogen) atoms. The van der Waals surface area contributed by atoms with Crippen molar-refractivity contribution in [1.82, 2.24) is 14.7 Å². The number of anilines is 1. The van der Waals surface area contributed by atoms with Crippen LogP contribution in [-0.2, 0) is 22.6 Å². The number of morpholine rings is 1. The monoisotopic (exact) mass is 422 g/mol. The van der Waals surface area contributed by atoms with Crippen molar-refractivity contribution in [3.05, 3.63) is 82.4 Å². The molecule has 3 aromatic rings. The third kappa shape index (κ3) is 5.42. The van der Waals surface area contributed by atoms with Gasteiger partial charge in [0, 0.05) is 37.0 Å². The molecule has 1 N–H and O–H groups in total. The van der Waals surface area contributed by atoms with Crippen LogP contribution in [0.25, 0.3) is 11.3 Å². The Morgan fingerprint density at radius 3 is 2.52 bits per heavy atom. The molecular weight excluding hydrogens is 399 g/mol. The molecule has 1 saturated heterocycles. The van der Waals surface area contributed by atoms with E-state index in [4.69, 9.17) is 4.74 Å². The second kappa shape index (κ2) is 9.63. The maximum absolute atomic E-state index is 14.0. The summed E-state index contributed by atoms with van der Waals surface area (Å²) >= 11 is 0. The van der Waals surface area contributed by atoms with Crippen molar-refractivity contribution < 1.29 is 13.9 Å². The number of nitrogens with zero attached hydrogens (tertiary/aromatic N) is 3. The molecule has 0 spiro atoms. The Hall–Kier alpha value is -3.36. The van der Waals surface area contributed by atoms with Crippen LogP contribution in [0.1, 0.15) is 5.56 Å². The Morgan fingerprint density at radius 2 is 1.77 bits per heavy atom. The number of halogens is 1. The Balaban J connectivity index is 1.40. The fourth-order valence-electron chi connectivity index (χ4n) is 3.42. The van der Waals surface area contributed by atoms with Gasteiger partial charge in [-0.05, 0) is 35.9 Å². The van der Waals surface area contributed by atoms with E-state index < -0.39 is 11.4 Å². The van der Waals surface area contributed by atoms with Gasteiger partial charge >= 0.3 is 0 Å². The lowest BCUT2D eigenvalue weighted by Crippen LogP contribution is -2.35. The highest BCUT2D eigenvalue weighted by molar-refractivity contribution is 5.90. The van der Waals surface area contributed by atoms with Crippen LogP contribution >= 0.6 is 0 Å². The zero-order valence-corrected chi connectivity index (χ0v) is 17.0. The van der Waals surface area contributed by atoms with E-state index in [0.717, 1.165) is 43.1 Å². The van der Waals surface area contributed by atoms with Gasteiger partial charge in [-0.1, -0.05) is 24.3 Å². The molecule has 1 aromatic heterocycles. The van der Waals surface area contributed by atoms with Crippen LogP contribution in [0.5, 0.6) is 0 Å². The number of carbonyl (C=O) groups excluding carboxylic acids is 1. The van der Waals surface area contributed by atoms with Gasteiger partial charge in [-0.25, -0.2) is 9.07 Å². The summed E-state index contributed by atoms with van der Waals surface area (Å²) in [5.74, 6) is -0.831. The highest BCUT2D eigenvalue weighted by Crippen LogP contribution is 2.19. The number of hydrogen-bond acceptors (Lipinski definition) is 5. The largest absolute Gasteiger partial charge is 0.379 e. The first-order valence-electron chi connectivity index (χ1n) is 10.1. The van der Waals surface area contributed by atoms with Crippen molar-refractivity contribution in [3.63, 3.8) is 0 Å². The zero-order chi connectivity index (χ0) is 21.6. The van der Waals surface area contributed by atoms with Gasteiger partial charge < -0.3 is 10.1 Å². The normalized spacial score (nSPS) is 14.4. The highest BCUT2D eigenvalue weighted by atomic mass is 19.1. The number of nitrogens with one attached hydrogen (secondary N) is 1. The average Bonchev–Trinajstić information content (AvgIpc) is 2.78. The summed E-state index contributed by atoms with van der Waals surface area (Å²) in [6, 6.07) is 16.5. The molecule has 0 saturated carbocycles. The van der Waals surface area contributed by atoms with Gasteiger partial charge in [-0.2, -0.15) is 5.10 Å². The van der Waals surface area contributed by atoms with E-state index in [-0.39, 0.29) is 23.7 Å². The molecule has 1 fully saturated rings. The van der Waals surface area contributed by atoms with Crippen LogP contribution in [0.4, 0.5) is 10.1 Å². The van der Waals surface area contributed by atoms with Gasteiger partial charge in [0.15, 0.2) is 0 Å². The predicted octanol–water partition coefficient (Wildman–Crippen LogP) is 2.52. The Morgan fingerprint density at radius 1 is 1.03 bits per heavy atom. The molecule has 0 bridgehead atoms. The Bertz CT molecular complexity index is 1110. The third-order valence-electron chi connectivity index (χ3n) is 5.06. The van der Waals surface area contributed by atoms with Gasteiger partial charge in [0.25, 0.3) is 5.56 Å². The minimum atomic E-state index is -0.443. The van der Waals surface area contributed by atoms with E-state index in [9.17, 15) is 14.0 Å². The lowest BCUT2D eigenvalue weighted by atomic mass is 10.1. The Labute approximate surface area is 179 Å². The number of ether oxygens (including phenoxy) is 1. The van der Waals surface area contributed by atoms with E-state index in [1.807, 2.05) is 24.3 Å². The predicted molar refractivity (Wildman–Crippen MR) is 115 cm³/mol. The smallest absolute Gasteiger partial charge is 0.267 e. The molecule has 2 aromatic carbocycles. The van der Waals surface area contributed by atoms with Crippen molar-refractivity contribution >= 4 is 11.6 Å². The first-order chi connectivity index (χ1) is 15.1. The number of amides is 1. The topological polar surface area (TPSA) is 76.5 Å². The SMILES string of the molecule is O=C(Cn1nc(-c2ccccc2F)ccc1=O)Nc1ccc(CN2CCOCC2)cc1. The fraction of sp³-hybridized carbons (Fsp3) is 0.261. The first kappa shape index (κ1) is 20.9. The minimum Gasteiger partial charge on any atom is -0.379 e. The van der Waals surface area contributed by atoms with E-state index in [1.165, 1.54) is 18.2 Å². The van der Waals surface area contributed by atoms with E-state index >= 15 is 0 Å². The molecule has 7 nitrogen and oxygen atoms in total. The molecule has 1 aliphatic rings. The number of benzene rings is 2. The summed E-state index contributed by atoms with van der Waals surface area (Å²) in [6.45, 7) is 3.88. The quantitative estimate of drug-likeness (QED) is 0.661. The summed E-state index contributed by atoms with van der Waals surface area (Å²) in [5.41, 5.74) is 1.91. The standard InChI is InChI=1S/C23H23FN4O3/c24-20-4-2-1-3-19(20)21-9-10-23(30)28(26-21)16-22(29)25-18-7-5-17(6-8-18)15-27-11-13-31-14-12-27/h1-10H,11-16H2,(H,25,29). The van der Waals surface area contributed by atoms with Gasteiger partial charge in [-0.3, -0.25) is 14.5 Å². The van der Waals surface area contributed by atoms with Crippen LogP contribution in [0, 0.1) is 5.82 Å². The molecule has 8 heteroatoms. The highest BCUT2D eigenvalue weighted by Gasteiger charge is 2.12. The van der Waals surface area contributed by atoms with Crippen LogP contribution in [-0.4, -0.2) is 46.9 Å². The van der Waals surface area contributed by atoms with Crippen molar-refractivity contribution in [2.45, 2.75) is 13.1 Å². The summed E-state index contributed by atoms with van der Waals surface area (Å²) in [7, 11) is 0. The molecule has 0 unspecified atom stereocenters. The summed E-state index contributed by atoms with van der Waals surface area (Å²) in [6.07, 6.45) is 0. The first-order valence-corrected chi connectivity index (χ1v) is 10.1. The summed E-state index contributed by atoms with van der Waals surface area (Å²) < 4.78 is 20.4. The molecule has 1 aliphatic heterocycles. The lowest BCUT2D eigenvalue weighted by molar-refractivity contribution is -0.117. The van der Waals surface area contributed by atoms with Crippen LogP contribution in [0.2, 0.25) is 0 Å². The lowest BCUT2D eigenvalue weighted by Gasteiger charge is -2.26. The van der Waals surface area contributed by atoms with Crippen LogP contribution < -0.4 is 10.9 Å². The van der Waals surface area contributed by atoms with E-state index in [0.29, 0.717) is 5.69 Å². The summed E-state index contributed by atoms with van der Waals surface area (Å²) in [4.78, 5) is 26.9. The van der Waals surface area contributed by atoms with Crippen molar-refractivity contribution in [2.24, 2.45) is 0 Å². The fourth-order valence-corrected chi connectivity index (χ4v) is 3.42. The number of hydrogen-bond donors (Lipinski definition) is 1. The van der Waals surface area contributed by atoms with Gasteiger partial charge in [0.1, 0.15) is 12.4 Å². The average molecular weight is 422 g/mol. The molecule has 160 valence electrons. The minimum absolute atomic E-state index is 0.267. The maximum atomic E-state index is 14.0. The van der Waals surface area contributed by atoms with Crippen molar-refractivity contribution in [3.8, 4) is 11.3 Å². The second-order valence-corrected chi connectivity index (χ2v) is 7.33. The van der Waals surface area contributed by atoms with E-state index in [2.05, 4.69) is 15.3 Å². The number of rotatable bonds is 6. The molecule has 0 aliphatic carbocycles. The van der Waals surface area contributed by atoms with Gasteiger partial charge in [0.05, 0.1) is 18.9 Å². The molecular formula is C23H23FN4O3. The second-order valence-electron chi connectivity index (χ2n) is 7.33. The van der Waals surface area contributed by atoms with Gasteiger partial charge in [0.2, 0.25) is 5.91 Å². The van der Waals surface area contributed by atoms with E-state index in [1.54, 1.807) is 18.2 Å². The zero-order valence-electron chi connectivity index (χ0n) is 17.0. The van der Waals surface area contributed by atoms with Crippen LogP contribution in [0.3, 0.4) is 0 Å². The molecule has 1 amide bonds. The molecule has 0 atom stereocenters. The molecule has 2 heterocycles. The van der Waals surface area contributed by atoms with Crippen LogP contribution in [0.15, 0.2) is 65.5 Å². The third-order valence-corrected chi connectivity index (χ3v) is 5.06. The number of carbonyl (C=O) groups is 1. The Kier molecular flexibility index (Phi) is 6.49. The number of aromatic nitrogens is 2.